The van der Waals surface area contributed by atoms with E-state index >= 15 is 0 Å². The lowest BCUT2D eigenvalue weighted by Gasteiger charge is -2.12. The van der Waals surface area contributed by atoms with Gasteiger partial charge in [-0.25, -0.2) is 4.79 Å². The number of ether oxygens (including phenoxy) is 1. The van der Waals surface area contributed by atoms with Crippen molar-refractivity contribution in [2.45, 2.75) is 15.7 Å². The maximum atomic E-state index is 12.5. The number of hydrogen-bond donors (Lipinski definition) is 0. The van der Waals surface area contributed by atoms with Crippen LogP contribution in [0.25, 0.3) is 0 Å². The average Bonchev–Trinajstić information content (AvgIpc) is 2.34. The van der Waals surface area contributed by atoms with Gasteiger partial charge in [-0.15, -0.1) is 0 Å². The second-order valence-electron chi connectivity index (χ2n) is 3.30. The average molecular weight is 354 g/mol. The van der Waals surface area contributed by atoms with Crippen LogP contribution in [0.4, 0.5) is 13.2 Å². The van der Waals surface area contributed by atoms with Crippen LogP contribution in [0, 0.1) is 11.3 Å². The molecule has 0 unspecified atom stereocenters. The van der Waals surface area contributed by atoms with Gasteiger partial charge in [0.05, 0.1) is 18.2 Å². The van der Waals surface area contributed by atoms with Crippen molar-refractivity contribution in [3.63, 3.8) is 0 Å². The van der Waals surface area contributed by atoms with Crippen LogP contribution in [0.15, 0.2) is 17.0 Å². The van der Waals surface area contributed by atoms with E-state index in [1.54, 1.807) is 6.07 Å². The number of esters is 1. The normalized spacial score (nSPS) is 10.9. The molecule has 0 aliphatic rings. The summed E-state index contributed by atoms with van der Waals surface area (Å²) >= 11 is 2.65. The van der Waals surface area contributed by atoms with Gasteiger partial charge >= 0.3 is 11.5 Å². The van der Waals surface area contributed by atoms with Crippen molar-refractivity contribution >= 4 is 33.7 Å². The predicted octanol–water partition coefficient (Wildman–Crippen LogP) is 3.85. The number of halogens is 4. The Labute approximate surface area is 119 Å². The molecule has 0 heterocycles. The molecule has 0 aliphatic heterocycles. The topological polar surface area (TPSA) is 50.1 Å². The number of nitriles is 1. The fourth-order valence-electron chi connectivity index (χ4n) is 1.36. The van der Waals surface area contributed by atoms with Gasteiger partial charge in [-0.05, 0) is 29.5 Å². The fraction of sp³-hybridized carbons (Fsp3) is 0.273. The molecule has 102 valence electrons. The lowest BCUT2D eigenvalue weighted by atomic mass is 10.1. The van der Waals surface area contributed by atoms with Crippen LogP contribution >= 0.6 is 27.7 Å². The van der Waals surface area contributed by atoms with Gasteiger partial charge in [0.2, 0.25) is 0 Å². The minimum atomic E-state index is -4.56. The molecule has 0 aromatic heterocycles. The van der Waals surface area contributed by atoms with Crippen molar-refractivity contribution in [3.05, 3.63) is 28.8 Å². The Morgan fingerprint density at radius 2 is 2.16 bits per heavy atom. The van der Waals surface area contributed by atoms with Gasteiger partial charge in [0.25, 0.3) is 0 Å². The molecule has 0 atom stereocenters. The first-order valence-electron chi connectivity index (χ1n) is 4.79. The summed E-state index contributed by atoms with van der Waals surface area (Å²) in [7, 11) is 1.05. The largest absolute Gasteiger partial charge is 0.465 e. The van der Waals surface area contributed by atoms with Gasteiger partial charge in [-0.2, -0.15) is 18.4 Å². The van der Waals surface area contributed by atoms with Gasteiger partial charge in [0.15, 0.2) is 0 Å². The summed E-state index contributed by atoms with van der Waals surface area (Å²) in [5, 5.41) is 9.21. The number of hydrogen-bond acceptors (Lipinski definition) is 4. The molecule has 1 aromatic carbocycles. The third-order valence-corrected chi connectivity index (χ3v) is 3.47. The van der Waals surface area contributed by atoms with E-state index in [0.717, 1.165) is 7.11 Å². The number of benzene rings is 1. The highest BCUT2D eigenvalue weighted by atomic mass is 79.9. The number of carbonyl (C=O) groups excluding carboxylic acids is 1. The summed E-state index contributed by atoms with van der Waals surface area (Å²) in [5.41, 5.74) is -4.59. The minimum Gasteiger partial charge on any atom is -0.465 e. The third-order valence-electron chi connectivity index (χ3n) is 2.05. The highest BCUT2D eigenvalue weighted by molar-refractivity contribution is 9.08. The molecular formula is C11H7BrF3NO2S. The SMILES string of the molecule is COC(=O)c1c(C#N)cc(CBr)cc1SC(F)(F)F. The van der Waals surface area contributed by atoms with Crippen LogP contribution in [-0.2, 0) is 10.1 Å². The van der Waals surface area contributed by atoms with Crippen molar-refractivity contribution in [1.82, 2.24) is 0 Å². The molecule has 0 radical (unpaired) electrons. The third kappa shape index (κ3) is 4.14. The molecule has 8 heteroatoms. The summed E-state index contributed by atoms with van der Waals surface area (Å²) in [5.74, 6) is -0.968. The van der Waals surface area contributed by atoms with Crippen molar-refractivity contribution < 1.29 is 22.7 Å². The van der Waals surface area contributed by atoms with E-state index in [2.05, 4.69) is 20.7 Å². The number of alkyl halides is 4. The van der Waals surface area contributed by atoms with Gasteiger partial charge in [0, 0.05) is 10.2 Å². The highest BCUT2D eigenvalue weighted by Gasteiger charge is 2.33. The number of rotatable bonds is 3. The summed E-state index contributed by atoms with van der Waals surface area (Å²) in [4.78, 5) is 11.2. The molecule has 1 rings (SSSR count). The molecule has 0 saturated heterocycles. The van der Waals surface area contributed by atoms with Crippen molar-refractivity contribution in [2.75, 3.05) is 7.11 Å². The summed E-state index contributed by atoms with van der Waals surface area (Å²) < 4.78 is 41.9. The molecule has 19 heavy (non-hydrogen) atoms. The molecular weight excluding hydrogens is 347 g/mol. The van der Waals surface area contributed by atoms with Crippen LogP contribution in [0.1, 0.15) is 21.5 Å². The molecule has 1 aromatic rings. The van der Waals surface area contributed by atoms with Crippen LogP contribution in [-0.4, -0.2) is 18.6 Å². The quantitative estimate of drug-likeness (QED) is 0.470. The van der Waals surface area contributed by atoms with Crippen LogP contribution < -0.4 is 0 Å². The molecule has 3 nitrogen and oxygen atoms in total. The van der Waals surface area contributed by atoms with E-state index in [0.29, 0.717) is 5.56 Å². The maximum Gasteiger partial charge on any atom is 0.446 e. The standard InChI is InChI=1S/C11H7BrF3NO2S/c1-18-10(17)9-7(5-16)2-6(4-12)3-8(9)19-11(13,14)15/h2-3H,4H2,1H3. The van der Waals surface area contributed by atoms with Crippen LogP contribution in [0.5, 0.6) is 0 Å². The molecule has 0 bridgehead atoms. The molecule has 0 N–H and O–H groups in total. The molecule has 0 saturated carbocycles. The van der Waals surface area contributed by atoms with E-state index in [9.17, 15) is 18.0 Å². The predicted molar refractivity (Wildman–Crippen MR) is 67.0 cm³/mol. The lowest BCUT2D eigenvalue weighted by Crippen LogP contribution is -2.10. The zero-order valence-electron chi connectivity index (χ0n) is 9.55. The van der Waals surface area contributed by atoms with E-state index in [1.165, 1.54) is 12.1 Å². The van der Waals surface area contributed by atoms with Crippen LogP contribution in [0.2, 0.25) is 0 Å². The number of nitrogens with zero attached hydrogens (tertiary/aromatic N) is 1. The molecule has 0 aliphatic carbocycles. The zero-order valence-corrected chi connectivity index (χ0v) is 11.9. The van der Waals surface area contributed by atoms with Crippen LogP contribution in [0.3, 0.4) is 0 Å². The van der Waals surface area contributed by atoms with E-state index in [4.69, 9.17) is 5.26 Å². The monoisotopic (exact) mass is 353 g/mol. The lowest BCUT2D eigenvalue weighted by molar-refractivity contribution is -0.0328. The Morgan fingerprint density at radius 3 is 2.58 bits per heavy atom. The van der Waals surface area contributed by atoms with Gasteiger partial charge in [-0.3, -0.25) is 0 Å². The first-order valence-corrected chi connectivity index (χ1v) is 6.73. The smallest absolute Gasteiger partial charge is 0.446 e. The summed E-state index contributed by atoms with van der Waals surface area (Å²) in [6.07, 6.45) is 0. The Hall–Kier alpha value is -1.20. The Kier molecular flexibility index (Phi) is 5.26. The molecule has 0 spiro atoms. The molecule has 0 amide bonds. The summed E-state index contributed by atoms with van der Waals surface area (Å²) in [6.45, 7) is 0. The van der Waals surface area contributed by atoms with Crippen molar-refractivity contribution in [1.29, 1.82) is 5.26 Å². The Bertz CT molecular complexity index is 540. The maximum absolute atomic E-state index is 12.5. The zero-order chi connectivity index (χ0) is 14.6. The molecule has 0 fully saturated rings. The van der Waals surface area contributed by atoms with E-state index in [1.807, 2.05) is 0 Å². The Balaban J connectivity index is 3.47. The van der Waals surface area contributed by atoms with Crippen molar-refractivity contribution in [2.24, 2.45) is 0 Å². The Morgan fingerprint density at radius 1 is 1.53 bits per heavy atom. The van der Waals surface area contributed by atoms with E-state index in [-0.39, 0.29) is 21.4 Å². The first kappa shape index (κ1) is 15.9. The minimum absolute atomic E-state index is 0.143. The van der Waals surface area contributed by atoms with Gasteiger partial charge < -0.3 is 4.74 Å². The second kappa shape index (κ2) is 6.30. The van der Waals surface area contributed by atoms with E-state index < -0.39 is 23.2 Å². The van der Waals surface area contributed by atoms with Gasteiger partial charge in [0.1, 0.15) is 6.07 Å². The first-order chi connectivity index (χ1) is 8.82. The second-order valence-corrected chi connectivity index (χ2v) is 4.97. The number of thioether (sulfide) groups is 1. The van der Waals surface area contributed by atoms with Crippen molar-refractivity contribution in [3.8, 4) is 6.07 Å². The number of methoxy groups -OCH3 is 1. The fourth-order valence-corrected chi connectivity index (χ4v) is 2.43. The van der Waals surface area contributed by atoms with Gasteiger partial charge in [-0.1, -0.05) is 15.9 Å². The summed E-state index contributed by atoms with van der Waals surface area (Å²) in [6, 6.07) is 4.27. The number of carbonyl (C=O) groups is 1. The highest BCUT2D eigenvalue weighted by Crippen LogP contribution is 2.40.